The van der Waals surface area contributed by atoms with Crippen LogP contribution >= 0.6 is 0 Å². The largest absolute Gasteiger partial charge is 0.361 e. The fourth-order valence-electron chi connectivity index (χ4n) is 2.11. The van der Waals surface area contributed by atoms with E-state index in [0.717, 1.165) is 29.4 Å². The van der Waals surface area contributed by atoms with E-state index < -0.39 is 0 Å². The normalized spacial score (nSPS) is 12.8. The van der Waals surface area contributed by atoms with Crippen LogP contribution in [0.5, 0.6) is 0 Å². The number of nitrogens with one attached hydrogen (secondary N) is 2. The van der Waals surface area contributed by atoms with Crippen LogP contribution in [0.4, 0.5) is 0 Å². The van der Waals surface area contributed by atoms with Crippen LogP contribution in [0.2, 0.25) is 0 Å². The zero-order valence-corrected chi connectivity index (χ0v) is 11.7. The molecule has 4 heteroatoms. The van der Waals surface area contributed by atoms with Crippen LogP contribution in [-0.4, -0.2) is 42.5 Å². The van der Waals surface area contributed by atoms with Crippen molar-refractivity contribution in [2.75, 3.05) is 20.6 Å². The van der Waals surface area contributed by atoms with Gasteiger partial charge in [-0.1, -0.05) is 6.07 Å². The van der Waals surface area contributed by atoms with Gasteiger partial charge in [0, 0.05) is 28.7 Å². The molecule has 1 unspecified atom stereocenters. The van der Waals surface area contributed by atoms with Gasteiger partial charge in [-0.2, -0.15) is 0 Å². The van der Waals surface area contributed by atoms with Gasteiger partial charge in [-0.15, -0.1) is 0 Å². The van der Waals surface area contributed by atoms with Crippen LogP contribution in [0.1, 0.15) is 23.7 Å². The molecule has 1 atom stereocenters. The number of H-pyrrole nitrogens is 1. The van der Waals surface area contributed by atoms with Crippen molar-refractivity contribution < 1.29 is 4.79 Å². The number of rotatable bonds is 5. The summed E-state index contributed by atoms with van der Waals surface area (Å²) in [7, 11) is 4.07. The highest BCUT2D eigenvalue weighted by Gasteiger charge is 2.13. The second-order valence-electron chi connectivity index (χ2n) is 5.21. The minimum Gasteiger partial charge on any atom is -0.361 e. The van der Waals surface area contributed by atoms with Crippen LogP contribution < -0.4 is 5.32 Å². The number of carbonyl (C=O) groups is 1. The summed E-state index contributed by atoms with van der Waals surface area (Å²) in [6.07, 6.45) is 2.80. The zero-order chi connectivity index (χ0) is 13.8. The molecule has 0 spiro atoms. The van der Waals surface area contributed by atoms with E-state index in [0.29, 0.717) is 0 Å². The standard InChI is InChI=1S/C15H21N3O/c1-11(8-10-18(2)3)17-15(19)13-5-4-6-14-12(13)7-9-16-14/h4-7,9,11,16H,8,10H2,1-3H3,(H,17,19). The van der Waals surface area contributed by atoms with Crippen molar-refractivity contribution >= 4 is 16.8 Å². The Morgan fingerprint density at radius 1 is 1.37 bits per heavy atom. The van der Waals surface area contributed by atoms with E-state index >= 15 is 0 Å². The monoisotopic (exact) mass is 259 g/mol. The van der Waals surface area contributed by atoms with E-state index in [-0.39, 0.29) is 11.9 Å². The molecule has 0 radical (unpaired) electrons. The van der Waals surface area contributed by atoms with E-state index in [1.54, 1.807) is 0 Å². The summed E-state index contributed by atoms with van der Waals surface area (Å²) in [6.45, 7) is 3.01. The van der Waals surface area contributed by atoms with Gasteiger partial charge in [0.2, 0.25) is 0 Å². The quantitative estimate of drug-likeness (QED) is 0.865. The van der Waals surface area contributed by atoms with E-state index in [1.165, 1.54) is 0 Å². The average molecular weight is 259 g/mol. The molecular weight excluding hydrogens is 238 g/mol. The zero-order valence-electron chi connectivity index (χ0n) is 11.7. The summed E-state index contributed by atoms with van der Waals surface area (Å²) in [5, 5.41) is 4.03. The molecule has 0 aliphatic carbocycles. The first-order valence-electron chi connectivity index (χ1n) is 6.59. The van der Waals surface area contributed by atoms with Gasteiger partial charge in [0.25, 0.3) is 5.91 Å². The molecule has 0 saturated heterocycles. The number of nitrogens with zero attached hydrogens (tertiary/aromatic N) is 1. The van der Waals surface area contributed by atoms with Gasteiger partial charge in [-0.25, -0.2) is 0 Å². The van der Waals surface area contributed by atoms with Gasteiger partial charge < -0.3 is 15.2 Å². The lowest BCUT2D eigenvalue weighted by atomic mass is 10.1. The Morgan fingerprint density at radius 2 is 2.16 bits per heavy atom. The molecule has 4 nitrogen and oxygen atoms in total. The molecule has 0 aliphatic heterocycles. The minimum atomic E-state index is -0.00328. The number of benzene rings is 1. The van der Waals surface area contributed by atoms with Gasteiger partial charge in [0.1, 0.15) is 0 Å². The molecule has 102 valence electrons. The van der Waals surface area contributed by atoms with Gasteiger partial charge in [0.05, 0.1) is 0 Å². The summed E-state index contributed by atoms with van der Waals surface area (Å²) in [5.41, 5.74) is 1.73. The van der Waals surface area contributed by atoms with E-state index in [2.05, 4.69) is 15.2 Å². The first-order chi connectivity index (χ1) is 9.08. The topological polar surface area (TPSA) is 48.1 Å². The summed E-state index contributed by atoms with van der Waals surface area (Å²) in [6, 6.07) is 7.85. The van der Waals surface area contributed by atoms with Crippen LogP contribution in [-0.2, 0) is 0 Å². The van der Waals surface area contributed by atoms with Gasteiger partial charge >= 0.3 is 0 Å². The molecular formula is C15H21N3O. The lowest BCUT2D eigenvalue weighted by Gasteiger charge is -2.17. The summed E-state index contributed by atoms with van der Waals surface area (Å²) < 4.78 is 0. The molecule has 1 aromatic heterocycles. The molecule has 1 amide bonds. The molecule has 2 rings (SSSR count). The molecule has 1 heterocycles. The number of carbonyl (C=O) groups excluding carboxylic acids is 1. The third-order valence-electron chi connectivity index (χ3n) is 3.23. The highest BCUT2D eigenvalue weighted by molar-refractivity contribution is 6.06. The molecule has 2 N–H and O–H groups in total. The molecule has 19 heavy (non-hydrogen) atoms. The Kier molecular flexibility index (Phi) is 4.22. The number of aromatic amines is 1. The Balaban J connectivity index is 2.05. The molecule has 0 fully saturated rings. The molecule has 0 bridgehead atoms. The maximum Gasteiger partial charge on any atom is 0.252 e. The average Bonchev–Trinajstić information content (AvgIpc) is 2.84. The van der Waals surface area contributed by atoms with Crippen molar-refractivity contribution in [3.63, 3.8) is 0 Å². The Morgan fingerprint density at radius 3 is 2.89 bits per heavy atom. The molecule has 0 saturated carbocycles. The highest BCUT2D eigenvalue weighted by atomic mass is 16.1. The number of fused-ring (bicyclic) bond motifs is 1. The summed E-state index contributed by atoms with van der Waals surface area (Å²) in [4.78, 5) is 17.5. The number of aromatic nitrogens is 1. The molecule has 2 aromatic rings. The second kappa shape index (κ2) is 5.89. The Bertz CT molecular complexity index is 559. The van der Waals surface area contributed by atoms with Crippen molar-refractivity contribution in [1.29, 1.82) is 0 Å². The predicted molar refractivity (Wildman–Crippen MR) is 78.4 cm³/mol. The van der Waals surface area contributed by atoms with E-state index in [4.69, 9.17) is 0 Å². The first-order valence-corrected chi connectivity index (χ1v) is 6.59. The van der Waals surface area contributed by atoms with Crippen molar-refractivity contribution in [3.8, 4) is 0 Å². The fraction of sp³-hybridized carbons (Fsp3) is 0.400. The Labute approximate surface area is 113 Å². The van der Waals surface area contributed by atoms with Crippen molar-refractivity contribution in [2.24, 2.45) is 0 Å². The smallest absolute Gasteiger partial charge is 0.252 e. The third kappa shape index (κ3) is 3.35. The van der Waals surface area contributed by atoms with Gasteiger partial charge in [0.15, 0.2) is 0 Å². The maximum atomic E-state index is 12.3. The van der Waals surface area contributed by atoms with Crippen LogP contribution in [0, 0.1) is 0 Å². The van der Waals surface area contributed by atoms with E-state index in [9.17, 15) is 4.79 Å². The summed E-state index contributed by atoms with van der Waals surface area (Å²) >= 11 is 0. The SMILES string of the molecule is CC(CCN(C)C)NC(=O)c1cccc2[nH]ccc12. The summed E-state index contributed by atoms with van der Waals surface area (Å²) in [5.74, 6) is -0.00328. The predicted octanol–water partition coefficient (Wildman–Crippen LogP) is 2.24. The number of amides is 1. The lowest BCUT2D eigenvalue weighted by Crippen LogP contribution is -2.34. The first kappa shape index (κ1) is 13.6. The van der Waals surface area contributed by atoms with Crippen LogP contribution in [0.3, 0.4) is 0 Å². The number of hydrogen-bond donors (Lipinski definition) is 2. The molecule has 0 aliphatic rings. The van der Waals surface area contributed by atoms with Crippen molar-refractivity contribution in [3.05, 3.63) is 36.0 Å². The highest BCUT2D eigenvalue weighted by Crippen LogP contribution is 2.17. The minimum absolute atomic E-state index is 0.00328. The van der Waals surface area contributed by atoms with Crippen LogP contribution in [0.15, 0.2) is 30.5 Å². The fourth-order valence-corrected chi connectivity index (χ4v) is 2.11. The second-order valence-corrected chi connectivity index (χ2v) is 5.21. The number of hydrogen-bond acceptors (Lipinski definition) is 2. The van der Waals surface area contributed by atoms with E-state index in [1.807, 2.05) is 51.5 Å². The van der Waals surface area contributed by atoms with Gasteiger partial charge in [-0.05, 0) is 52.2 Å². The maximum absolute atomic E-state index is 12.3. The Hall–Kier alpha value is -1.81. The molecule has 1 aromatic carbocycles. The van der Waals surface area contributed by atoms with Gasteiger partial charge in [-0.3, -0.25) is 4.79 Å². The van der Waals surface area contributed by atoms with Crippen molar-refractivity contribution in [1.82, 2.24) is 15.2 Å². The third-order valence-corrected chi connectivity index (χ3v) is 3.23. The van der Waals surface area contributed by atoms with Crippen LogP contribution in [0.25, 0.3) is 10.9 Å². The van der Waals surface area contributed by atoms with Crippen molar-refractivity contribution in [2.45, 2.75) is 19.4 Å². The lowest BCUT2D eigenvalue weighted by molar-refractivity contribution is 0.0938.